The summed E-state index contributed by atoms with van der Waals surface area (Å²) in [7, 11) is 2.10. The van der Waals surface area contributed by atoms with Gasteiger partial charge in [0.15, 0.2) is 0 Å². The minimum absolute atomic E-state index is 0.198. The Morgan fingerprint density at radius 1 is 1.24 bits per heavy atom. The van der Waals surface area contributed by atoms with Crippen LogP contribution in [0.3, 0.4) is 0 Å². The molecule has 1 aliphatic rings. The van der Waals surface area contributed by atoms with Gasteiger partial charge in [-0.05, 0) is 44.7 Å². The zero-order chi connectivity index (χ0) is 23.7. The first-order valence-corrected chi connectivity index (χ1v) is 11.2. The van der Waals surface area contributed by atoms with E-state index >= 15 is 0 Å². The number of piperazine rings is 1. The van der Waals surface area contributed by atoms with Crippen LogP contribution >= 0.6 is 11.6 Å². The Labute approximate surface area is 197 Å². The van der Waals surface area contributed by atoms with Gasteiger partial charge < -0.3 is 25.6 Å². The highest BCUT2D eigenvalue weighted by molar-refractivity contribution is 6.33. The van der Waals surface area contributed by atoms with Crippen molar-refractivity contribution >= 4 is 45.5 Å². The van der Waals surface area contributed by atoms with E-state index < -0.39 is 11.7 Å². The van der Waals surface area contributed by atoms with Crippen molar-refractivity contribution < 1.29 is 13.9 Å². The summed E-state index contributed by atoms with van der Waals surface area (Å²) in [5.41, 5.74) is 8.82. The number of hydrogen-bond acceptors (Lipinski definition) is 6. The van der Waals surface area contributed by atoms with E-state index in [1.807, 2.05) is 19.1 Å². The maximum atomic E-state index is 13.9. The predicted octanol–water partition coefficient (Wildman–Crippen LogP) is 4.33. The van der Waals surface area contributed by atoms with Gasteiger partial charge in [0.25, 0.3) is 5.91 Å². The van der Waals surface area contributed by atoms with Crippen LogP contribution in [0.4, 0.5) is 21.5 Å². The molecule has 4 rings (SSSR count). The van der Waals surface area contributed by atoms with Crippen LogP contribution in [0.1, 0.15) is 22.8 Å². The molecule has 1 aromatic heterocycles. The van der Waals surface area contributed by atoms with E-state index in [1.165, 1.54) is 12.3 Å². The smallest absolute Gasteiger partial charge is 0.252 e. The molecule has 2 aromatic carbocycles. The van der Waals surface area contributed by atoms with Crippen molar-refractivity contribution in [3.8, 4) is 5.75 Å². The lowest BCUT2D eigenvalue weighted by Gasteiger charge is -2.35. The van der Waals surface area contributed by atoms with Crippen LogP contribution in [0.25, 0.3) is 10.9 Å². The van der Waals surface area contributed by atoms with Gasteiger partial charge in [0, 0.05) is 43.8 Å². The van der Waals surface area contributed by atoms with Gasteiger partial charge in [0.05, 0.1) is 39.8 Å². The van der Waals surface area contributed by atoms with Crippen molar-refractivity contribution in [3.05, 3.63) is 52.4 Å². The van der Waals surface area contributed by atoms with E-state index in [4.69, 9.17) is 22.1 Å². The number of halogens is 2. The van der Waals surface area contributed by atoms with Gasteiger partial charge in [-0.3, -0.25) is 9.78 Å². The number of ether oxygens (including phenoxy) is 1. The number of aryl methyl sites for hydroxylation is 1. The van der Waals surface area contributed by atoms with Crippen molar-refractivity contribution in [3.63, 3.8) is 0 Å². The molecule has 0 unspecified atom stereocenters. The number of likely N-dealkylation sites (N-methyl/N-ethyl adjacent to an activating group) is 1. The molecule has 7 nitrogen and oxygen atoms in total. The summed E-state index contributed by atoms with van der Waals surface area (Å²) in [5.74, 6) is -0.300. The lowest BCUT2D eigenvalue weighted by Crippen LogP contribution is -2.44. The van der Waals surface area contributed by atoms with Crippen molar-refractivity contribution in [1.29, 1.82) is 0 Å². The number of pyridine rings is 1. The second kappa shape index (κ2) is 9.41. The van der Waals surface area contributed by atoms with Gasteiger partial charge in [-0.1, -0.05) is 11.6 Å². The Hall–Kier alpha value is -3.10. The standard InChI is InChI=1S/C24H27ClFN5O2/c1-4-33-22-12-19-15(10-21(22)31-7-5-30(3)6-8-31)23(16(13-28-19)24(27)32)29-20-9-14(2)18(26)11-17(20)25/h9-13H,4-8H2,1-3H3,(H2,27,32)(H,28,29). The molecule has 0 bridgehead atoms. The molecule has 0 saturated carbocycles. The molecule has 9 heteroatoms. The highest BCUT2D eigenvalue weighted by Gasteiger charge is 2.22. The topological polar surface area (TPSA) is 83.7 Å². The van der Waals surface area contributed by atoms with Crippen molar-refractivity contribution in [2.75, 3.05) is 50.1 Å². The Bertz CT molecular complexity index is 1210. The van der Waals surface area contributed by atoms with Gasteiger partial charge in [0.2, 0.25) is 0 Å². The zero-order valence-corrected chi connectivity index (χ0v) is 19.7. The Morgan fingerprint density at radius 3 is 2.64 bits per heavy atom. The number of anilines is 3. The number of nitrogens with zero attached hydrogens (tertiary/aromatic N) is 3. The van der Waals surface area contributed by atoms with Crippen molar-refractivity contribution in [1.82, 2.24) is 9.88 Å². The first-order chi connectivity index (χ1) is 15.8. The lowest BCUT2D eigenvalue weighted by atomic mass is 10.1. The van der Waals surface area contributed by atoms with Gasteiger partial charge in [0.1, 0.15) is 11.6 Å². The number of benzene rings is 2. The van der Waals surface area contributed by atoms with Crippen LogP contribution in [0.15, 0.2) is 30.5 Å². The Morgan fingerprint density at radius 2 is 1.97 bits per heavy atom. The minimum atomic E-state index is -0.628. The number of rotatable bonds is 6. The third kappa shape index (κ3) is 4.67. The Kier molecular flexibility index (Phi) is 6.58. The van der Waals surface area contributed by atoms with E-state index in [0.29, 0.717) is 34.4 Å². The SMILES string of the molecule is CCOc1cc2ncc(C(N)=O)c(Nc3cc(C)c(F)cc3Cl)c2cc1N1CCN(C)CC1. The minimum Gasteiger partial charge on any atom is -0.492 e. The lowest BCUT2D eigenvalue weighted by molar-refractivity contribution is 0.100. The largest absolute Gasteiger partial charge is 0.492 e. The van der Waals surface area contributed by atoms with E-state index in [1.54, 1.807) is 13.0 Å². The molecule has 0 aliphatic carbocycles. The third-order valence-electron chi connectivity index (χ3n) is 5.87. The van der Waals surface area contributed by atoms with E-state index in [2.05, 4.69) is 27.1 Å². The highest BCUT2D eigenvalue weighted by atomic mass is 35.5. The average molecular weight is 472 g/mol. The highest BCUT2D eigenvalue weighted by Crippen LogP contribution is 2.39. The summed E-state index contributed by atoms with van der Waals surface area (Å²) in [5, 5.41) is 4.11. The normalized spacial score (nSPS) is 14.5. The maximum absolute atomic E-state index is 13.9. The van der Waals surface area contributed by atoms with Crippen LogP contribution in [0.2, 0.25) is 5.02 Å². The maximum Gasteiger partial charge on any atom is 0.252 e. The number of hydrogen-bond donors (Lipinski definition) is 2. The summed E-state index contributed by atoms with van der Waals surface area (Å²) in [6.45, 7) is 7.65. The second-order valence-corrected chi connectivity index (χ2v) is 8.58. The molecule has 0 atom stereocenters. The number of carbonyl (C=O) groups is 1. The molecule has 3 aromatic rings. The van der Waals surface area contributed by atoms with Crippen molar-refractivity contribution in [2.24, 2.45) is 5.73 Å². The molecular weight excluding hydrogens is 445 g/mol. The van der Waals surface area contributed by atoms with E-state index in [0.717, 1.165) is 37.6 Å². The molecule has 1 aliphatic heterocycles. The number of amides is 1. The quantitative estimate of drug-likeness (QED) is 0.556. The number of fused-ring (bicyclic) bond motifs is 1. The molecule has 0 spiro atoms. The van der Waals surface area contributed by atoms with Gasteiger partial charge in [-0.15, -0.1) is 0 Å². The molecule has 2 heterocycles. The van der Waals surface area contributed by atoms with Gasteiger partial charge in [-0.2, -0.15) is 0 Å². The molecular formula is C24H27ClFN5O2. The van der Waals surface area contributed by atoms with Gasteiger partial charge in [-0.25, -0.2) is 4.39 Å². The van der Waals surface area contributed by atoms with Gasteiger partial charge >= 0.3 is 0 Å². The summed E-state index contributed by atoms with van der Waals surface area (Å²) in [6.07, 6.45) is 1.43. The fourth-order valence-corrected chi connectivity index (χ4v) is 4.18. The first-order valence-electron chi connectivity index (χ1n) is 10.8. The third-order valence-corrected chi connectivity index (χ3v) is 6.18. The molecule has 3 N–H and O–H groups in total. The fraction of sp³-hybridized carbons (Fsp3) is 0.333. The predicted molar refractivity (Wildman–Crippen MR) is 131 cm³/mol. The van der Waals surface area contributed by atoms with Crippen LogP contribution in [-0.4, -0.2) is 55.6 Å². The molecule has 0 radical (unpaired) electrons. The molecule has 1 fully saturated rings. The van der Waals surface area contributed by atoms with Crippen LogP contribution < -0.4 is 20.7 Å². The summed E-state index contributed by atoms with van der Waals surface area (Å²) in [6, 6.07) is 6.69. The summed E-state index contributed by atoms with van der Waals surface area (Å²) >= 11 is 6.30. The van der Waals surface area contributed by atoms with E-state index in [-0.39, 0.29) is 10.6 Å². The number of primary amides is 1. The number of aromatic nitrogens is 1. The average Bonchev–Trinajstić information content (AvgIpc) is 2.78. The first kappa shape index (κ1) is 23.1. The zero-order valence-electron chi connectivity index (χ0n) is 18.9. The molecule has 1 amide bonds. The fourth-order valence-electron chi connectivity index (χ4n) is 3.98. The van der Waals surface area contributed by atoms with Crippen LogP contribution in [-0.2, 0) is 0 Å². The number of nitrogens with two attached hydrogens (primary N) is 1. The van der Waals surface area contributed by atoms with Crippen LogP contribution in [0.5, 0.6) is 5.75 Å². The molecule has 174 valence electrons. The van der Waals surface area contributed by atoms with Crippen LogP contribution in [0, 0.1) is 12.7 Å². The molecule has 33 heavy (non-hydrogen) atoms. The summed E-state index contributed by atoms with van der Waals surface area (Å²) < 4.78 is 19.9. The monoisotopic (exact) mass is 471 g/mol. The number of nitrogens with one attached hydrogen (secondary N) is 1. The second-order valence-electron chi connectivity index (χ2n) is 8.18. The molecule has 1 saturated heterocycles. The van der Waals surface area contributed by atoms with E-state index in [9.17, 15) is 9.18 Å². The number of carbonyl (C=O) groups excluding carboxylic acids is 1. The Balaban J connectivity index is 1.90. The summed E-state index contributed by atoms with van der Waals surface area (Å²) in [4.78, 5) is 21.3. The van der Waals surface area contributed by atoms with Crippen molar-refractivity contribution in [2.45, 2.75) is 13.8 Å².